The van der Waals surface area contributed by atoms with Gasteiger partial charge in [-0.05, 0) is 31.9 Å². The normalized spacial score (nSPS) is 10.2. The highest BCUT2D eigenvalue weighted by atomic mass is 15.3. The van der Waals surface area contributed by atoms with E-state index in [1.54, 1.807) is 23.1 Å². The summed E-state index contributed by atoms with van der Waals surface area (Å²) in [6, 6.07) is 3.87. The van der Waals surface area contributed by atoms with Crippen LogP contribution in [0.5, 0.6) is 0 Å². The van der Waals surface area contributed by atoms with E-state index in [-0.39, 0.29) is 0 Å². The molecule has 2 rings (SSSR count). The zero-order chi connectivity index (χ0) is 12.4. The Labute approximate surface area is 101 Å². The summed E-state index contributed by atoms with van der Waals surface area (Å²) in [6.45, 7) is 6.12. The topological polar surface area (TPSA) is 54.5 Å². The number of hydrogen-bond donors (Lipinski definition) is 0. The summed E-state index contributed by atoms with van der Waals surface area (Å²) < 4.78 is 1.81. The smallest absolute Gasteiger partial charge is 0.102 e. The fraction of sp³-hybridized carbons (Fsp3) is 0.308. The summed E-state index contributed by atoms with van der Waals surface area (Å²) >= 11 is 0. The molecule has 0 saturated heterocycles. The predicted molar refractivity (Wildman–Crippen MR) is 64.9 cm³/mol. The Morgan fingerprint density at radius 3 is 2.76 bits per heavy atom. The average Bonchev–Trinajstić information content (AvgIpc) is 2.64. The van der Waals surface area contributed by atoms with E-state index in [2.05, 4.69) is 23.1 Å². The second kappa shape index (κ2) is 4.38. The van der Waals surface area contributed by atoms with Gasteiger partial charge < -0.3 is 0 Å². The molecule has 0 aliphatic carbocycles. The molecular weight excluding hydrogens is 212 g/mol. The van der Waals surface area contributed by atoms with Gasteiger partial charge in [0.2, 0.25) is 0 Å². The van der Waals surface area contributed by atoms with Gasteiger partial charge in [-0.1, -0.05) is 6.92 Å². The number of hydrogen-bond acceptors (Lipinski definition) is 3. The van der Waals surface area contributed by atoms with Crippen LogP contribution < -0.4 is 0 Å². The molecule has 17 heavy (non-hydrogen) atoms. The predicted octanol–water partition coefficient (Wildman–Crippen LogP) is 2.32. The van der Waals surface area contributed by atoms with Crippen molar-refractivity contribution in [1.29, 1.82) is 5.26 Å². The fourth-order valence-corrected chi connectivity index (χ4v) is 2.07. The number of pyridine rings is 1. The van der Waals surface area contributed by atoms with Crippen molar-refractivity contribution in [2.75, 3.05) is 0 Å². The lowest BCUT2D eigenvalue weighted by Crippen LogP contribution is -2.02. The average molecular weight is 226 g/mol. The molecule has 0 fully saturated rings. The van der Waals surface area contributed by atoms with E-state index in [1.807, 2.05) is 13.8 Å². The van der Waals surface area contributed by atoms with E-state index in [0.29, 0.717) is 5.56 Å². The summed E-state index contributed by atoms with van der Waals surface area (Å²) in [5, 5.41) is 13.6. The summed E-state index contributed by atoms with van der Waals surface area (Å²) in [5.41, 5.74) is 4.66. The third-order valence-corrected chi connectivity index (χ3v) is 2.94. The van der Waals surface area contributed by atoms with E-state index in [0.717, 1.165) is 23.5 Å². The molecule has 0 amide bonds. The molecule has 86 valence electrons. The number of nitriles is 1. The Bertz CT molecular complexity index is 590. The maximum atomic E-state index is 9.09. The second-order valence-corrected chi connectivity index (χ2v) is 3.92. The van der Waals surface area contributed by atoms with Crippen molar-refractivity contribution in [3.63, 3.8) is 0 Å². The monoisotopic (exact) mass is 226 g/mol. The van der Waals surface area contributed by atoms with Crippen LogP contribution in [0.1, 0.15) is 29.4 Å². The molecule has 2 aromatic heterocycles. The number of aromatic nitrogens is 3. The van der Waals surface area contributed by atoms with Crippen molar-refractivity contribution in [1.82, 2.24) is 14.8 Å². The Balaban J connectivity index is 2.66. The van der Waals surface area contributed by atoms with Crippen LogP contribution in [0.3, 0.4) is 0 Å². The minimum absolute atomic E-state index is 0.591. The van der Waals surface area contributed by atoms with Gasteiger partial charge in [0.05, 0.1) is 17.5 Å². The molecule has 2 heterocycles. The van der Waals surface area contributed by atoms with Gasteiger partial charge in [-0.25, -0.2) is 4.68 Å². The van der Waals surface area contributed by atoms with Crippen LogP contribution in [0.15, 0.2) is 18.5 Å². The van der Waals surface area contributed by atoms with Crippen molar-refractivity contribution < 1.29 is 0 Å². The third kappa shape index (κ3) is 1.80. The molecule has 0 aliphatic heterocycles. The fourth-order valence-electron chi connectivity index (χ4n) is 2.07. The molecule has 0 N–H and O–H groups in total. The van der Waals surface area contributed by atoms with Crippen LogP contribution in [-0.4, -0.2) is 14.8 Å². The molecule has 4 heteroatoms. The Hall–Kier alpha value is -2.15. The zero-order valence-electron chi connectivity index (χ0n) is 10.2. The Morgan fingerprint density at radius 2 is 2.18 bits per heavy atom. The van der Waals surface area contributed by atoms with Gasteiger partial charge in [0.1, 0.15) is 11.8 Å². The van der Waals surface area contributed by atoms with Gasteiger partial charge in [0.25, 0.3) is 0 Å². The number of nitrogens with zero attached hydrogens (tertiary/aromatic N) is 4. The van der Waals surface area contributed by atoms with Crippen molar-refractivity contribution >= 4 is 0 Å². The maximum Gasteiger partial charge on any atom is 0.102 e. The minimum Gasteiger partial charge on any atom is -0.262 e. The minimum atomic E-state index is 0.591. The lowest BCUT2D eigenvalue weighted by molar-refractivity contribution is 0.825. The van der Waals surface area contributed by atoms with Crippen LogP contribution in [-0.2, 0) is 6.42 Å². The van der Waals surface area contributed by atoms with Crippen LogP contribution in [0, 0.1) is 25.2 Å². The first-order chi connectivity index (χ1) is 8.19. The summed E-state index contributed by atoms with van der Waals surface area (Å²) in [4.78, 5) is 4.06. The van der Waals surface area contributed by atoms with Crippen molar-refractivity contribution in [3.05, 3.63) is 41.0 Å². The first-order valence-electron chi connectivity index (χ1n) is 5.58. The molecule has 2 aromatic rings. The zero-order valence-corrected chi connectivity index (χ0v) is 10.2. The molecular formula is C13H14N4. The van der Waals surface area contributed by atoms with E-state index >= 15 is 0 Å². The van der Waals surface area contributed by atoms with E-state index in [4.69, 9.17) is 5.26 Å². The molecule has 0 unspecified atom stereocenters. The Kier molecular flexibility index (Phi) is 2.92. The highest BCUT2D eigenvalue weighted by molar-refractivity contribution is 5.48. The van der Waals surface area contributed by atoms with Crippen LogP contribution in [0.25, 0.3) is 5.69 Å². The van der Waals surface area contributed by atoms with Crippen molar-refractivity contribution in [2.24, 2.45) is 0 Å². The third-order valence-electron chi connectivity index (χ3n) is 2.94. The largest absolute Gasteiger partial charge is 0.262 e. The maximum absolute atomic E-state index is 9.09. The summed E-state index contributed by atoms with van der Waals surface area (Å²) in [6.07, 6.45) is 4.24. The van der Waals surface area contributed by atoms with Crippen LogP contribution >= 0.6 is 0 Å². The quantitative estimate of drug-likeness (QED) is 0.789. The van der Waals surface area contributed by atoms with E-state index < -0.39 is 0 Å². The lowest BCUT2D eigenvalue weighted by Gasteiger charge is -2.05. The van der Waals surface area contributed by atoms with Gasteiger partial charge in [-0.2, -0.15) is 10.4 Å². The number of aryl methyl sites for hydroxylation is 1. The highest BCUT2D eigenvalue weighted by Gasteiger charge is 2.13. The molecule has 0 atom stereocenters. The molecule has 0 aliphatic rings. The molecule has 4 nitrogen and oxygen atoms in total. The standard InChI is InChI=1S/C13H14N4/c1-4-12-9(2)16-17(10(12)3)13-8-15-6-5-11(13)7-14/h5-6,8H,4H2,1-3H3. The van der Waals surface area contributed by atoms with Gasteiger partial charge >= 0.3 is 0 Å². The molecule has 0 spiro atoms. The van der Waals surface area contributed by atoms with E-state index in [9.17, 15) is 0 Å². The van der Waals surface area contributed by atoms with Crippen molar-refractivity contribution in [2.45, 2.75) is 27.2 Å². The molecule has 0 radical (unpaired) electrons. The summed E-state index contributed by atoms with van der Waals surface area (Å²) in [5.74, 6) is 0. The first kappa shape index (κ1) is 11.3. The van der Waals surface area contributed by atoms with Crippen molar-refractivity contribution in [3.8, 4) is 11.8 Å². The van der Waals surface area contributed by atoms with Gasteiger partial charge in [0, 0.05) is 11.9 Å². The Morgan fingerprint density at radius 1 is 1.41 bits per heavy atom. The number of rotatable bonds is 2. The van der Waals surface area contributed by atoms with E-state index in [1.165, 1.54) is 5.56 Å². The van der Waals surface area contributed by atoms with Crippen LogP contribution in [0.2, 0.25) is 0 Å². The SMILES string of the molecule is CCc1c(C)nn(-c2cnccc2C#N)c1C. The van der Waals surface area contributed by atoms with Gasteiger partial charge in [0.15, 0.2) is 0 Å². The first-order valence-corrected chi connectivity index (χ1v) is 5.58. The second-order valence-electron chi connectivity index (χ2n) is 3.92. The molecule has 0 saturated carbocycles. The van der Waals surface area contributed by atoms with Crippen LogP contribution in [0.4, 0.5) is 0 Å². The highest BCUT2D eigenvalue weighted by Crippen LogP contribution is 2.19. The molecule has 0 aromatic carbocycles. The van der Waals surface area contributed by atoms with Gasteiger partial charge in [-0.15, -0.1) is 0 Å². The van der Waals surface area contributed by atoms with Gasteiger partial charge in [-0.3, -0.25) is 4.98 Å². The lowest BCUT2D eigenvalue weighted by atomic mass is 10.1. The molecule has 0 bridgehead atoms. The summed E-state index contributed by atoms with van der Waals surface area (Å²) in [7, 11) is 0.